The minimum atomic E-state index is -3.88. The van der Waals surface area contributed by atoms with Crippen molar-refractivity contribution in [3.8, 4) is 0 Å². The molecular weight excluding hydrogens is 458 g/mol. The maximum absolute atomic E-state index is 12.6. The highest BCUT2D eigenvalue weighted by molar-refractivity contribution is 7.89. The molecule has 1 unspecified atom stereocenters. The number of nitrogens with one attached hydrogen (secondary N) is 2. The van der Waals surface area contributed by atoms with Crippen molar-refractivity contribution in [3.63, 3.8) is 0 Å². The molecule has 0 aliphatic carbocycles. The third kappa shape index (κ3) is 6.50. The zero-order valence-corrected chi connectivity index (χ0v) is 19.0. The molecule has 0 bridgehead atoms. The number of benzene rings is 3. The third-order valence-corrected chi connectivity index (χ3v) is 6.18. The lowest BCUT2D eigenvalue weighted by Gasteiger charge is -2.14. The molecule has 0 radical (unpaired) electrons. The van der Waals surface area contributed by atoms with E-state index in [9.17, 15) is 22.8 Å². The van der Waals surface area contributed by atoms with Gasteiger partial charge in [-0.2, -0.15) is 0 Å². The number of hydrogen-bond donors (Lipinski definition) is 3. The number of hydrogen-bond acceptors (Lipinski definition) is 6. The molecule has 0 saturated carbocycles. The number of carbonyl (C=O) groups is 3. The number of anilines is 1. The first kappa shape index (κ1) is 24.6. The fraction of sp³-hybridized carbons (Fsp3) is 0.125. The molecular formula is C24H23N3O6S. The molecule has 34 heavy (non-hydrogen) atoms. The fourth-order valence-corrected chi connectivity index (χ4v) is 3.95. The van der Waals surface area contributed by atoms with Gasteiger partial charge in [0, 0.05) is 17.8 Å². The SMILES string of the molecule is CC(OC(=O)c1cccc(S(=O)(=O)NCc2ccccc2)c1)C(=O)Nc1ccc(C(N)=O)cc1. The van der Waals surface area contributed by atoms with E-state index in [-0.39, 0.29) is 22.6 Å². The second kappa shape index (κ2) is 10.7. The lowest BCUT2D eigenvalue weighted by atomic mass is 10.2. The van der Waals surface area contributed by atoms with Crippen molar-refractivity contribution in [2.45, 2.75) is 24.5 Å². The summed E-state index contributed by atoms with van der Waals surface area (Å²) in [6.07, 6.45) is -1.17. The summed E-state index contributed by atoms with van der Waals surface area (Å²) in [7, 11) is -3.88. The van der Waals surface area contributed by atoms with Crippen molar-refractivity contribution >= 4 is 33.5 Å². The Morgan fingerprint density at radius 1 is 0.912 bits per heavy atom. The maximum atomic E-state index is 12.6. The highest BCUT2D eigenvalue weighted by atomic mass is 32.2. The van der Waals surface area contributed by atoms with Crippen LogP contribution in [-0.4, -0.2) is 32.3 Å². The van der Waals surface area contributed by atoms with Crippen molar-refractivity contribution in [1.82, 2.24) is 4.72 Å². The van der Waals surface area contributed by atoms with Gasteiger partial charge in [0.15, 0.2) is 6.10 Å². The van der Waals surface area contributed by atoms with E-state index in [4.69, 9.17) is 10.5 Å². The second-order valence-corrected chi connectivity index (χ2v) is 9.08. The Bertz CT molecular complexity index is 1290. The van der Waals surface area contributed by atoms with Gasteiger partial charge in [-0.05, 0) is 55.0 Å². The molecule has 0 heterocycles. The zero-order valence-electron chi connectivity index (χ0n) is 18.2. The lowest BCUT2D eigenvalue weighted by molar-refractivity contribution is -0.123. The van der Waals surface area contributed by atoms with Gasteiger partial charge in [-0.1, -0.05) is 36.4 Å². The summed E-state index contributed by atoms with van der Waals surface area (Å²) in [5, 5.41) is 2.56. The van der Waals surface area contributed by atoms with E-state index in [1.807, 2.05) is 6.07 Å². The van der Waals surface area contributed by atoms with Crippen LogP contribution >= 0.6 is 0 Å². The zero-order chi connectivity index (χ0) is 24.7. The first-order valence-corrected chi connectivity index (χ1v) is 11.7. The maximum Gasteiger partial charge on any atom is 0.338 e. The number of rotatable bonds is 9. The quantitative estimate of drug-likeness (QED) is 0.400. The van der Waals surface area contributed by atoms with Crippen molar-refractivity contribution in [3.05, 3.63) is 95.6 Å². The Balaban J connectivity index is 1.62. The van der Waals surface area contributed by atoms with Crippen LogP contribution < -0.4 is 15.8 Å². The van der Waals surface area contributed by atoms with Crippen molar-refractivity contribution in [1.29, 1.82) is 0 Å². The van der Waals surface area contributed by atoms with Crippen molar-refractivity contribution in [2.75, 3.05) is 5.32 Å². The van der Waals surface area contributed by atoms with Crippen molar-refractivity contribution in [2.24, 2.45) is 5.73 Å². The van der Waals surface area contributed by atoms with Gasteiger partial charge in [-0.15, -0.1) is 0 Å². The summed E-state index contributed by atoms with van der Waals surface area (Å²) in [6.45, 7) is 1.47. The monoisotopic (exact) mass is 481 g/mol. The summed E-state index contributed by atoms with van der Waals surface area (Å²) in [5.74, 6) is -2.06. The molecule has 176 valence electrons. The molecule has 3 aromatic carbocycles. The molecule has 0 aromatic heterocycles. The van der Waals surface area contributed by atoms with E-state index in [0.717, 1.165) is 5.56 Å². The van der Waals surface area contributed by atoms with Crippen LogP contribution in [0.1, 0.15) is 33.2 Å². The second-order valence-electron chi connectivity index (χ2n) is 7.32. The van der Waals surface area contributed by atoms with Gasteiger partial charge >= 0.3 is 5.97 Å². The largest absolute Gasteiger partial charge is 0.449 e. The molecule has 0 fully saturated rings. The number of sulfonamides is 1. The molecule has 0 spiro atoms. The number of primary amides is 1. The number of ether oxygens (including phenoxy) is 1. The molecule has 2 amide bonds. The standard InChI is InChI=1S/C24H23N3O6S/c1-16(23(29)27-20-12-10-18(11-13-20)22(25)28)33-24(30)19-8-5-9-21(14-19)34(31,32)26-15-17-6-3-2-4-7-17/h2-14,16,26H,15H2,1H3,(H2,25,28)(H,27,29). The predicted molar refractivity (Wildman–Crippen MR) is 125 cm³/mol. The van der Waals surface area contributed by atoms with Gasteiger partial charge in [0.2, 0.25) is 15.9 Å². The van der Waals surface area contributed by atoms with E-state index in [1.165, 1.54) is 55.5 Å². The van der Waals surface area contributed by atoms with E-state index in [2.05, 4.69) is 10.0 Å². The highest BCUT2D eigenvalue weighted by Gasteiger charge is 2.21. The molecule has 0 aliphatic rings. The fourth-order valence-electron chi connectivity index (χ4n) is 2.89. The van der Waals surface area contributed by atoms with Gasteiger partial charge in [-0.25, -0.2) is 17.9 Å². The normalized spacial score (nSPS) is 11.9. The van der Waals surface area contributed by atoms with Gasteiger partial charge in [0.25, 0.3) is 5.91 Å². The first-order chi connectivity index (χ1) is 16.2. The highest BCUT2D eigenvalue weighted by Crippen LogP contribution is 2.15. The van der Waals surface area contributed by atoms with Gasteiger partial charge in [0.1, 0.15) is 0 Å². The minimum absolute atomic E-state index is 0.0203. The van der Waals surface area contributed by atoms with E-state index in [0.29, 0.717) is 5.69 Å². The van der Waals surface area contributed by atoms with Crippen LogP contribution in [0.15, 0.2) is 83.8 Å². The van der Waals surface area contributed by atoms with E-state index < -0.39 is 33.9 Å². The van der Waals surface area contributed by atoms with Crippen molar-refractivity contribution < 1.29 is 27.5 Å². The van der Waals surface area contributed by atoms with Gasteiger partial charge < -0.3 is 15.8 Å². The number of carbonyl (C=O) groups excluding carboxylic acids is 3. The van der Waals surface area contributed by atoms with Crippen LogP contribution in [0.4, 0.5) is 5.69 Å². The smallest absolute Gasteiger partial charge is 0.338 e. The van der Waals surface area contributed by atoms with Crippen LogP contribution in [0.3, 0.4) is 0 Å². The molecule has 3 rings (SSSR count). The number of nitrogens with two attached hydrogens (primary N) is 1. The molecule has 0 aliphatic heterocycles. The van der Waals surface area contributed by atoms with Crippen LogP contribution in [-0.2, 0) is 26.1 Å². The third-order valence-electron chi connectivity index (χ3n) is 4.78. The molecule has 3 aromatic rings. The summed E-state index contributed by atoms with van der Waals surface area (Å²) >= 11 is 0. The van der Waals surface area contributed by atoms with Crippen LogP contribution in [0.2, 0.25) is 0 Å². The molecule has 4 N–H and O–H groups in total. The van der Waals surface area contributed by atoms with E-state index >= 15 is 0 Å². The van der Waals surface area contributed by atoms with Gasteiger partial charge in [-0.3, -0.25) is 9.59 Å². The molecule has 1 atom stereocenters. The average molecular weight is 482 g/mol. The van der Waals surface area contributed by atoms with E-state index in [1.54, 1.807) is 24.3 Å². The summed E-state index contributed by atoms with van der Waals surface area (Å²) in [5.41, 5.74) is 6.61. The Morgan fingerprint density at radius 2 is 1.59 bits per heavy atom. The van der Waals surface area contributed by atoms with Crippen LogP contribution in [0.5, 0.6) is 0 Å². The Hall–Kier alpha value is -4.02. The van der Waals surface area contributed by atoms with Crippen LogP contribution in [0, 0.1) is 0 Å². The Labute approximate surface area is 197 Å². The minimum Gasteiger partial charge on any atom is -0.449 e. The Kier molecular flexibility index (Phi) is 7.77. The average Bonchev–Trinajstić information content (AvgIpc) is 2.83. The summed E-state index contributed by atoms with van der Waals surface area (Å²) < 4.78 is 32.9. The first-order valence-electron chi connectivity index (χ1n) is 10.2. The lowest BCUT2D eigenvalue weighted by Crippen LogP contribution is -2.30. The molecule has 0 saturated heterocycles. The topological polar surface area (TPSA) is 145 Å². The summed E-state index contributed by atoms with van der Waals surface area (Å²) in [6, 6.07) is 20.2. The molecule has 9 nitrogen and oxygen atoms in total. The summed E-state index contributed by atoms with van der Waals surface area (Å²) in [4.78, 5) is 35.9. The Morgan fingerprint density at radius 3 is 2.24 bits per heavy atom. The van der Waals surface area contributed by atoms with Crippen LogP contribution in [0.25, 0.3) is 0 Å². The van der Waals surface area contributed by atoms with Gasteiger partial charge in [0.05, 0.1) is 10.5 Å². The number of esters is 1. The predicted octanol–water partition coefficient (Wildman–Crippen LogP) is 2.45. The number of amides is 2. The molecule has 10 heteroatoms.